The van der Waals surface area contributed by atoms with Gasteiger partial charge in [0.1, 0.15) is 0 Å². The first-order chi connectivity index (χ1) is 9.47. The molecule has 1 saturated carbocycles. The van der Waals surface area contributed by atoms with Crippen LogP contribution >= 0.6 is 0 Å². The van der Waals surface area contributed by atoms with Crippen LogP contribution < -0.4 is 4.90 Å². The van der Waals surface area contributed by atoms with Gasteiger partial charge >= 0.3 is 6.18 Å². The summed E-state index contributed by atoms with van der Waals surface area (Å²) in [5, 5.41) is 18.1. The number of hydrogen-bond donors (Lipinski definition) is 2. The zero-order chi connectivity index (χ0) is 14.8. The number of aliphatic hydroxyl groups excluding tert-OH is 2. The van der Waals surface area contributed by atoms with Crippen molar-refractivity contribution in [1.29, 1.82) is 0 Å². The summed E-state index contributed by atoms with van der Waals surface area (Å²) in [5.41, 5.74) is -0.420. The Morgan fingerprint density at radius 2 is 1.90 bits per heavy atom. The maximum Gasteiger partial charge on any atom is 0.418 e. The Hall–Kier alpha value is -1.27. The highest BCUT2D eigenvalue weighted by molar-refractivity contribution is 5.57. The minimum absolute atomic E-state index is 0.0585. The lowest BCUT2D eigenvalue weighted by Crippen LogP contribution is -2.42. The average Bonchev–Trinajstić information content (AvgIpc) is 2.34. The second kappa shape index (κ2) is 6.01. The van der Waals surface area contributed by atoms with Crippen LogP contribution in [0.4, 0.5) is 18.9 Å². The van der Waals surface area contributed by atoms with E-state index in [9.17, 15) is 13.2 Å². The molecule has 1 aliphatic carbocycles. The number of aliphatic hydroxyl groups is 2. The highest BCUT2D eigenvalue weighted by Crippen LogP contribution is 2.40. The van der Waals surface area contributed by atoms with Gasteiger partial charge in [-0.2, -0.15) is 13.2 Å². The number of benzene rings is 1. The molecular weight excluding hydrogens is 271 g/mol. The summed E-state index contributed by atoms with van der Waals surface area (Å²) in [7, 11) is 0. The van der Waals surface area contributed by atoms with Gasteiger partial charge in [0.15, 0.2) is 0 Å². The predicted octanol–water partition coefficient (Wildman–Crippen LogP) is 2.55. The Morgan fingerprint density at radius 1 is 1.20 bits per heavy atom. The normalized spacial score (nSPS) is 16.1. The Kier molecular flexibility index (Phi) is 4.55. The van der Waals surface area contributed by atoms with E-state index in [1.165, 1.54) is 12.1 Å². The fourth-order valence-electron chi connectivity index (χ4n) is 2.46. The predicted molar refractivity (Wildman–Crippen MR) is 69.4 cm³/mol. The van der Waals surface area contributed by atoms with Crippen LogP contribution in [0.15, 0.2) is 18.2 Å². The standard InChI is InChI=1S/C14H18F3NO2/c15-14(16,17)12-8-10(9-20)4-5-13(12)18(6-7-19)11-2-1-3-11/h4-5,8,11,19-20H,1-3,6-7,9H2. The molecule has 6 heteroatoms. The zero-order valence-corrected chi connectivity index (χ0v) is 11.0. The summed E-state index contributed by atoms with van der Waals surface area (Å²) in [6.07, 6.45) is -1.78. The first-order valence-corrected chi connectivity index (χ1v) is 6.66. The van der Waals surface area contributed by atoms with Gasteiger partial charge in [0.05, 0.1) is 18.8 Å². The van der Waals surface area contributed by atoms with Crippen molar-refractivity contribution in [3.63, 3.8) is 0 Å². The third kappa shape index (κ3) is 3.07. The van der Waals surface area contributed by atoms with Crippen molar-refractivity contribution >= 4 is 5.69 Å². The molecular formula is C14H18F3NO2. The third-order valence-corrected chi connectivity index (χ3v) is 3.71. The zero-order valence-electron chi connectivity index (χ0n) is 11.0. The van der Waals surface area contributed by atoms with Crippen molar-refractivity contribution in [3.05, 3.63) is 29.3 Å². The van der Waals surface area contributed by atoms with E-state index in [1.807, 2.05) is 0 Å². The van der Waals surface area contributed by atoms with Crippen LogP contribution in [0.2, 0.25) is 0 Å². The quantitative estimate of drug-likeness (QED) is 0.875. The van der Waals surface area contributed by atoms with Crippen LogP contribution in [-0.4, -0.2) is 29.4 Å². The molecule has 112 valence electrons. The lowest BCUT2D eigenvalue weighted by molar-refractivity contribution is -0.137. The number of hydrogen-bond acceptors (Lipinski definition) is 3. The molecule has 0 aromatic heterocycles. The topological polar surface area (TPSA) is 43.7 Å². The van der Waals surface area contributed by atoms with E-state index in [-0.39, 0.29) is 30.4 Å². The van der Waals surface area contributed by atoms with Crippen molar-refractivity contribution in [2.75, 3.05) is 18.1 Å². The van der Waals surface area contributed by atoms with E-state index in [0.29, 0.717) is 0 Å². The number of anilines is 1. The van der Waals surface area contributed by atoms with Crippen molar-refractivity contribution in [2.45, 2.75) is 38.1 Å². The minimum atomic E-state index is -4.47. The maximum absolute atomic E-state index is 13.2. The molecule has 0 bridgehead atoms. The molecule has 1 aliphatic rings. The highest BCUT2D eigenvalue weighted by atomic mass is 19.4. The molecule has 1 aromatic carbocycles. The molecule has 0 saturated heterocycles. The van der Waals surface area contributed by atoms with E-state index in [0.717, 1.165) is 25.3 Å². The fourth-order valence-corrected chi connectivity index (χ4v) is 2.46. The maximum atomic E-state index is 13.2. The summed E-state index contributed by atoms with van der Waals surface area (Å²) in [6, 6.07) is 3.93. The SMILES string of the molecule is OCCN(c1ccc(CO)cc1C(F)(F)F)C1CCC1. The smallest absolute Gasteiger partial charge is 0.395 e. The molecule has 2 N–H and O–H groups in total. The molecule has 0 amide bonds. The van der Waals surface area contributed by atoms with Crippen LogP contribution in [0.5, 0.6) is 0 Å². The lowest BCUT2D eigenvalue weighted by atomic mass is 9.90. The van der Waals surface area contributed by atoms with Crippen LogP contribution in [0.25, 0.3) is 0 Å². The Morgan fingerprint density at radius 3 is 2.35 bits per heavy atom. The third-order valence-electron chi connectivity index (χ3n) is 3.71. The van der Waals surface area contributed by atoms with E-state index in [1.54, 1.807) is 4.90 Å². The van der Waals surface area contributed by atoms with Crippen molar-refractivity contribution in [3.8, 4) is 0 Å². The Bertz CT molecular complexity index is 458. The van der Waals surface area contributed by atoms with Gasteiger partial charge in [-0.25, -0.2) is 0 Å². The van der Waals surface area contributed by atoms with Gasteiger partial charge in [-0.1, -0.05) is 6.07 Å². The monoisotopic (exact) mass is 289 g/mol. The van der Waals surface area contributed by atoms with E-state index in [2.05, 4.69) is 0 Å². The van der Waals surface area contributed by atoms with Crippen LogP contribution in [-0.2, 0) is 12.8 Å². The molecule has 0 atom stereocenters. The Labute approximate surface area is 115 Å². The summed E-state index contributed by atoms with van der Waals surface area (Å²) in [5.74, 6) is 0. The number of alkyl halides is 3. The van der Waals surface area contributed by atoms with Crippen LogP contribution in [0.3, 0.4) is 0 Å². The van der Waals surface area contributed by atoms with E-state index in [4.69, 9.17) is 10.2 Å². The first kappa shape index (κ1) is 15.1. The molecule has 0 aliphatic heterocycles. The molecule has 3 nitrogen and oxygen atoms in total. The van der Waals surface area contributed by atoms with Crippen LogP contribution in [0, 0.1) is 0 Å². The molecule has 2 rings (SSSR count). The second-order valence-electron chi connectivity index (χ2n) is 5.01. The van der Waals surface area contributed by atoms with Gasteiger partial charge in [0, 0.05) is 18.3 Å². The van der Waals surface area contributed by atoms with Crippen molar-refractivity contribution < 1.29 is 23.4 Å². The van der Waals surface area contributed by atoms with Gasteiger partial charge in [0.25, 0.3) is 0 Å². The van der Waals surface area contributed by atoms with E-state index >= 15 is 0 Å². The number of rotatable bonds is 5. The molecule has 1 fully saturated rings. The number of nitrogens with zero attached hydrogens (tertiary/aromatic N) is 1. The molecule has 0 heterocycles. The summed E-state index contributed by atoms with van der Waals surface area (Å²) in [6.45, 7) is -0.422. The first-order valence-electron chi connectivity index (χ1n) is 6.66. The van der Waals surface area contributed by atoms with Gasteiger partial charge in [0.2, 0.25) is 0 Å². The highest BCUT2D eigenvalue weighted by Gasteiger charge is 2.37. The number of halogens is 3. The minimum Gasteiger partial charge on any atom is -0.395 e. The van der Waals surface area contributed by atoms with Gasteiger partial charge in [-0.15, -0.1) is 0 Å². The molecule has 20 heavy (non-hydrogen) atoms. The summed E-state index contributed by atoms with van der Waals surface area (Å²) >= 11 is 0. The molecule has 0 unspecified atom stereocenters. The molecule has 0 spiro atoms. The van der Waals surface area contributed by atoms with Crippen molar-refractivity contribution in [1.82, 2.24) is 0 Å². The molecule has 0 radical (unpaired) electrons. The largest absolute Gasteiger partial charge is 0.418 e. The summed E-state index contributed by atoms with van der Waals surface area (Å²) in [4.78, 5) is 1.63. The van der Waals surface area contributed by atoms with Crippen LogP contribution in [0.1, 0.15) is 30.4 Å². The van der Waals surface area contributed by atoms with Gasteiger partial charge in [-0.05, 0) is 37.0 Å². The lowest BCUT2D eigenvalue weighted by Gasteiger charge is -2.40. The average molecular weight is 289 g/mol. The van der Waals surface area contributed by atoms with Crippen molar-refractivity contribution in [2.24, 2.45) is 0 Å². The van der Waals surface area contributed by atoms with E-state index < -0.39 is 18.3 Å². The Balaban J connectivity index is 2.41. The second-order valence-corrected chi connectivity index (χ2v) is 5.01. The summed E-state index contributed by atoms with van der Waals surface area (Å²) < 4.78 is 39.5. The van der Waals surface area contributed by atoms with Gasteiger partial charge < -0.3 is 15.1 Å². The fraction of sp³-hybridized carbons (Fsp3) is 0.571. The van der Waals surface area contributed by atoms with Gasteiger partial charge in [-0.3, -0.25) is 0 Å². The molecule has 1 aromatic rings.